The quantitative estimate of drug-likeness (QED) is 0.669. The number of carbonyl (C=O) groups is 1. The molecule has 4 rings (SSSR count). The molecule has 110 valence electrons. The smallest absolute Gasteiger partial charge is 0.263 e. The van der Waals surface area contributed by atoms with Crippen LogP contribution in [0, 0.1) is 5.95 Å². The molecule has 0 saturated carbocycles. The topological polar surface area (TPSA) is 68.8 Å². The van der Waals surface area contributed by atoms with Crippen molar-refractivity contribution < 1.29 is 9.18 Å². The van der Waals surface area contributed by atoms with Crippen LogP contribution in [0.1, 0.15) is 16.1 Å². The Morgan fingerprint density at radius 3 is 2.82 bits per heavy atom. The lowest BCUT2D eigenvalue weighted by atomic mass is 10.3. The molecular formula is C14H11FN6O. The van der Waals surface area contributed by atoms with Gasteiger partial charge in [0, 0.05) is 13.2 Å². The highest BCUT2D eigenvalue weighted by molar-refractivity contribution is 6.09. The van der Waals surface area contributed by atoms with Gasteiger partial charge in [-0.15, -0.1) is 0 Å². The Kier molecular flexibility index (Phi) is 2.59. The zero-order valence-electron chi connectivity index (χ0n) is 11.6. The molecule has 8 heteroatoms. The van der Waals surface area contributed by atoms with Crippen LogP contribution in [-0.2, 0) is 13.6 Å². The Bertz CT molecular complexity index is 883. The summed E-state index contributed by atoms with van der Waals surface area (Å²) < 4.78 is 16.5. The second-order valence-electron chi connectivity index (χ2n) is 5.02. The predicted octanol–water partition coefficient (Wildman–Crippen LogP) is 1.30. The molecule has 0 radical (unpaired) electrons. The molecule has 7 nitrogen and oxygen atoms in total. The van der Waals surface area contributed by atoms with Crippen LogP contribution >= 0.6 is 0 Å². The predicted molar refractivity (Wildman–Crippen MR) is 75.0 cm³/mol. The summed E-state index contributed by atoms with van der Waals surface area (Å²) in [5.74, 6) is -0.561. The molecule has 0 N–H and O–H groups in total. The zero-order chi connectivity index (χ0) is 15.3. The van der Waals surface area contributed by atoms with Gasteiger partial charge >= 0.3 is 0 Å². The fourth-order valence-corrected chi connectivity index (χ4v) is 2.46. The SMILES string of the molecule is Cn1cc(-n2cc3c(n2)CN(c2cccc(F)n2)C3=O)cn1. The Morgan fingerprint density at radius 1 is 1.27 bits per heavy atom. The molecule has 0 bridgehead atoms. The molecule has 0 spiro atoms. The van der Waals surface area contributed by atoms with Gasteiger partial charge in [-0.25, -0.2) is 9.67 Å². The van der Waals surface area contributed by atoms with E-state index in [4.69, 9.17) is 0 Å². The van der Waals surface area contributed by atoms with Crippen LogP contribution in [0.3, 0.4) is 0 Å². The fraction of sp³-hybridized carbons (Fsp3) is 0.143. The van der Waals surface area contributed by atoms with Crippen LogP contribution in [-0.4, -0.2) is 30.5 Å². The van der Waals surface area contributed by atoms with Crippen molar-refractivity contribution in [3.05, 3.63) is 54.0 Å². The van der Waals surface area contributed by atoms with Crippen molar-refractivity contribution in [2.24, 2.45) is 7.05 Å². The maximum absolute atomic E-state index is 13.2. The minimum Gasteiger partial charge on any atom is -0.286 e. The first-order chi connectivity index (χ1) is 10.6. The number of carbonyl (C=O) groups excluding carboxylic acids is 1. The maximum Gasteiger partial charge on any atom is 0.263 e. The lowest BCUT2D eigenvalue weighted by molar-refractivity contribution is 0.0995. The minimum atomic E-state index is -0.615. The first kappa shape index (κ1) is 12.7. The summed E-state index contributed by atoms with van der Waals surface area (Å²) in [7, 11) is 1.81. The van der Waals surface area contributed by atoms with Crippen LogP contribution in [0.25, 0.3) is 5.69 Å². The third-order valence-electron chi connectivity index (χ3n) is 3.51. The van der Waals surface area contributed by atoms with Gasteiger partial charge < -0.3 is 0 Å². The lowest BCUT2D eigenvalue weighted by Crippen LogP contribution is -2.25. The highest BCUT2D eigenvalue weighted by atomic mass is 19.1. The Labute approximate surface area is 124 Å². The van der Waals surface area contributed by atoms with Gasteiger partial charge in [-0.05, 0) is 12.1 Å². The molecule has 22 heavy (non-hydrogen) atoms. The highest BCUT2D eigenvalue weighted by Gasteiger charge is 2.32. The minimum absolute atomic E-state index is 0.233. The summed E-state index contributed by atoms with van der Waals surface area (Å²) in [6, 6.07) is 4.37. The molecule has 1 aliphatic heterocycles. The molecule has 4 heterocycles. The first-order valence-electron chi connectivity index (χ1n) is 6.64. The van der Waals surface area contributed by atoms with Gasteiger partial charge in [0.25, 0.3) is 5.91 Å². The summed E-state index contributed by atoms with van der Waals surface area (Å²) in [4.78, 5) is 17.6. The third kappa shape index (κ3) is 1.88. The van der Waals surface area contributed by atoms with E-state index in [1.54, 1.807) is 34.0 Å². The number of pyridine rings is 1. The van der Waals surface area contributed by atoms with Crippen LogP contribution in [0.15, 0.2) is 36.8 Å². The average molecular weight is 298 g/mol. The third-order valence-corrected chi connectivity index (χ3v) is 3.51. The second-order valence-corrected chi connectivity index (χ2v) is 5.02. The molecule has 0 atom stereocenters. The number of hydrogen-bond donors (Lipinski definition) is 0. The van der Waals surface area contributed by atoms with Gasteiger partial charge in [0.15, 0.2) is 0 Å². The standard InChI is InChI=1S/C14H11FN6O/c1-19-6-9(5-16-19)21-7-10-11(18-21)8-20(14(10)22)13-4-2-3-12(15)17-13/h2-7H,8H2,1H3. The summed E-state index contributed by atoms with van der Waals surface area (Å²) in [6.07, 6.45) is 5.13. The van der Waals surface area contributed by atoms with Crippen molar-refractivity contribution in [3.8, 4) is 5.69 Å². The van der Waals surface area contributed by atoms with Gasteiger partial charge in [0.2, 0.25) is 5.95 Å². The Morgan fingerprint density at radius 2 is 2.14 bits per heavy atom. The number of aromatic nitrogens is 5. The van der Waals surface area contributed by atoms with Crippen LogP contribution in [0.2, 0.25) is 0 Å². The van der Waals surface area contributed by atoms with Crippen molar-refractivity contribution in [3.63, 3.8) is 0 Å². The van der Waals surface area contributed by atoms with E-state index in [0.717, 1.165) is 5.69 Å². The monoisotopic (exact) mass is 298 g/mol. The van der Waals surface area contributed by atoms with E-state index in [1.165, 1.54) is 17.0 Å². The molecule has 0 fully saturated rings. The molecular weight excluding hydrogens is 287 g/mol. The van der Waals surface area contributed by atoms with E-state index in [9.17, 15) is 9.18 Å². The van der Waals surface area contributed by atoms with E-state index in [2.05, 4.69) is 15.2 Å². The van der Waals surface area contributed by atoms with Crippen molar-refractivity contribution in [2.75, 3.05) is 4.90 Å². The van der Waals surface area contributed by atoms with E-state index < -0.39 is 5.95 Å². The van der Waals surface area contributed by atoms with E-state index in [1.807, 2.05) is 7.05 Å². The normalized spacial score (nSPS) is 13.7. The number of aryl methyl sites for hydroxylation is 1. The highest BCUT2D eigenvalue weighted by Crippen LogP contribution is 2.27. The van der Waals surface area contributed by atoms with Crippen molar-refractivity contribution in [1.29, 1.82) is 0 Å². The first-order valence-corrected chi connectivity index (χ1v) is 6.64. The summed E-state index contributed by atoms with van der Waals surface area (Å²) in [6.45, 7) is 0.276. The van der Waals surface area contributed by atoms with Gasteiger partial charge in [-0.3, -0.25) is 14.4 Å². The lowest BCUT2D eigenvalue weighted by Gasteiger charge is -2.14. The van der Waals surface area contributed by atoms with Gasteiger partial charge in [0.1, 0.15) is 11.5 Å². The molecule has 0 saturated heterocycles. The van der Waals surface area contributed by atoms with Gasteiger partial charge in [-0.2, -0.15) is 14.6 Å². The fourth-order valence-electron chi connectivity index (χ4n) is 2.46. The number of nitrogens with zero attached hydrogens (tertiary/aromatic N) is 6. The number of anilines is 1. The molecule has 0 unspecified atom stereocenters. The Hall–Kier alpha value is -3.03. The summed E-state index contributed by atoms with van der Waals surface area (Å²) in [5.41, 5.74) is 1.91. The van der Waals surface area contributed by atoms with Crippen molar-refractivity contribution in [1.82, 2.24) is 24.5 Å². The number of fused-ring (bicyclic) bond motifs is 1. The molecule has 1 aliphatic rings. The summed E-state index contributed by atoms with van der Waals surface area (Å²) >= 11 is 0. The van der Waals surface area contributed by atoms with E-state index in [-0.39, 0.29) is 18.3 Å². The Balaban J connectivity index is 1.68. The zero-order valence-corrected chi connectivity index (χ0v) is 11.6. The van der Waals surface area contributed by atoms with Crippen molar-refractivity contribution in [2.45, 2.75) is 6.54 Å². The molecule has 0 aromatic carbocycles. The second kappa shape index (κ2) is 4.48. The van der Waals surface area contributed by atoms with Gasteiger partial charge in [-0.1, -0.05) is 6.07 Å². The number of rotatable bonds is 2. The number of hydrogen-bond acceptors (Lipinski definition) is 4. The molecule has 3 aromatic heterocycles. The maximum atomic E-state index is 13.2. The molecule has 1 amide bonds. The van der Waals surface area contributed by atoms with Crippen molar-refractivity contribution >= 4 is 11.7 Å². The summed E-state index contributed by atoms with van der Waals surface area (Å²) in [5, 5.41) is 8.48. The van der Waals surface area contributed by atoms with Crippen LogP contribution in [0.4, 0.5) is 10.2 Å². The average Bonchev–Trinajstić information content (AvgIpc) is 3.15. The number of halogens is 1. The molecule has 0 aliphatic carbocycles. The molecule has 3 aromatic rings. The van der Waals surface area contributed by atoms with Crippen LogP contribution < -0.4 is 4.90 Å². The van der Waals surface area contributed by atoms with Crippen LogP contribution in [0.5, 0.6) is 0 Å². The van der Waals surface area contributed by atoms with E-state index >= 15 is 0 Å². The number of amides is 1. The largest absolute Gasteiger partial charge is 0.286 e. The van der Waals surface area contributed by atoms with E-state index in [0.29, 0.717) is 11.3 Å². The van der Waals surface area contributed by atoms with Gasteiger partial charge in [0.05, 0.1) is 30.2 Å².